The number of primary amides is 1. The average Bonchev–Trinajstić information content (AvgIpc) is 3.37. The number of rotatable bonds is 7. The summed E-state index contributed by atoms with van der Waals surface area (Å²) in [7, 11) is 0. The van der Waals surface area contributed by atoms with E-state index in [4.69, 9.17) is 10.5 Å². The van der Waals surface area contributed by atoms with E-state index in [9.17, 15) is 14.4 Å². The van der Waals surface area contributed by atoms with Crippen molar-refractivity contribution in [2.75, 3.05) is 54.9 Å². The predicted octanol–water partition coefficient (Wildman–Crippen LogP) is 2.95. The molecule has 0 aliphatic carbocycles. The molecule has 1 aromatic carbocycles. The number of pyridine rings is 1. The van der Waals surface area contributed by atoms with E-state index in [1.54, 1.807) is 41.4 Å². The Balaban J connectivity index is 1.26. The highest BCUT2D eigenvalue weighted by Gasteiger charge is 2.24. The largest absolute Gasteiger partial charge is 0.378 e. The van der Waals surface area contributed by atoms with Gasteiger partial charge in [-0.05, 0) is 44.0 Å². The summed E-state index contributed by atoms with van der Waals surface area (Å²) in [5, 5.41) is 9.61. The lowest BCUT2D eigenvalue weighted by Crippen LogP contribution is -2.49. The number of carbonyl (C=O) groups is 3. The van der Waals surface area contributed by atoms with Crippen molar-refractivity contribution in [1.29, 1.82) is 0 Å². The Labute approximate surface area is 235 Å². The van der Waals surface area contributed by atoms with E-state index in [1.165, 1.54) is 17.5 Å². The molecule has 5 rings (SSSR count). The highest BCUT2D eigenvalue weighted by atomic mass is 32.1. The van der Waals surface area contributed by atoms with E-state index in [0.717, 1.165) is 24.3 Å². The molecule has 12 nitrogen and oxygen atoms in total. The molecule has 2 aromatic heterocycles. The van der Waals surface area contributed by atoms with Crippen molar-refractivity contribution in [3.63, 3.8) is 0 Å². The molecule has 2 aliphatic rings. The third-order valence-corrected chi connectivity index (χ3v) is 7.61. The fourth-order valence-corrected chi connectivity index (χ4v) is 5.41. The van der Waals surface area contributed by atoms with Gasteiger partial charge in [0.1, 0.15) is 5.82 Å². The lowest BCUT2D eigenvalue weighted by atomic mass is 10.1. The van der Waals surface area contributed by atoms with Crippen molar-refractivity contribution >= 4 is 51.5 Å². The number of hydrogen-bond donors (Lipinski definition) is 4. The van der Waals surface area contributed by atoms with Crippen LogP contribution in [0, 0.1) is 6.92 Å². The van der Waals surface area contributed by atoms with Crippen LogP contribution in [0.3, 0.4) is 0 Å². The normalized spacial score (nSPS) is 17.3. The maximum absolute atomic E-state index is 12.8. The van der Waals surface area contributed by atoms with Gasteiger partial charge in [-0.15, -0.1) is 11.3 Å². The number of nitrogens with two attached hydrogens (primary N) is 1. The molecule has 4 amide bonds. The molecule has 2 aliphatic heterocycles. The summed E-state index contributed by atoms with van der Waals surface area (Å²) >= 11 is 1.42. The van der Waals surface area contributed by atoms with Crippen LogP contribution >= 0.6 is 11.3 Å². The standard InChI is InChI=1S/C27H32N8O4S/c1-17-14-30-27(40-17)33-26(38)32-20-3-2-8-35(16-20)23-13-22(21(15-29-23)24(28)36)31-19-6-4-18(5-7-19)25(37)34-9-11-39-12-10-34/h4-7,13-15,20H,2-3,8-12,16H2,1H3,(H2,28,36)(H,29,31)(H2,30,32,33,38). The zero-order valence-corrected chi connectivity index (χ0v) is 23.0. The molecule has 2 saturated heterocycles. The zero-order valence-electron chi connectivity index (χ0n) is 22.2. The number of carbonyl (C=O) groups excluding carboxylic acids is 3. The molecule has 1 atom stereocenters. The highest BCUT2D eigenvalue weighted by Crippen LogP contribution is 2.27. The number of nitrogens with one attached hydrogen (secondary N) is 3. The van der Waals surface area contributed by atoms with E-state index >= 15 is 0 Å². The van der Waals surface area contributed by atoms with Crippen molar-refractivity contribution < 1.29 is 19.1 Å². The molecule has 13 heteroatoms. The number of aryl methyl sites for hydroxylation is 1. The number of morpholine rings is 1. The quantitative estimate of drug-likeness (QED) is 0.341. The van der Waals surface area contributed by atoms with Gasteiger partial charge in [0.15, 0.2) is 5.13 Å². The maximum Gasteiger partial charge on any atom is 0.321 e. The first-order valence-corrected chi connectivity index (χ1v) is 14.0. The maximum atomic E-state index is 12.8. The lowest BCUT2D eigenvalue weighted by Gasteiger charge is -2.34. The van der Waals surface area contributed by atoms with Gasteiger partial charge in [0.2, 0.25) is 0 Å². The second-order valence-corrected chi connectivity index (χ2v) is 11.0. The zero-order chi connectivity index (χ0) is 28.1. The summed E-state index contributed by atoms with van der Waals surface area (Å²) in [6.07, 6.45) is 4.88. The summed E-state index contributed by atoms with van der Waals surface area (Å²) in [5.41, 5.74) is 7.68. The molecule has 0 radical (unpaired) electrons. The van der Waals surface area contributed by atoms with Crippen LogP contribution in [0.15, 0.2) is 42.7 Å². The summed E-state index contributed by atoms with van der Waals surface area (Å²) in [6, 6.07) is 8.50. The van der Waals surface area contributed by atoms with Crippen molar-refractivity contribution in [3.05, 3.63) is 58.7 Å². The van der Waals surface area contributed by atoms with Gasteiger partial charge in [0.05, 0.1) is 24.5 Å². The monoisotopic (exact) mass is 564 g/mol. The number of anilines is 4. The first kappa shape index (κ1) is 27.3. The van der Waals surface area contributed by atoms with E-state index in [1.807, 2.05) is 6.92 Å². The first-order chi connectivity index (χ1) is 19.4. The molecule has 4 heterocycles. The smallest absolute Gasteiger partial charge is 0.321 e. The summed E-state index contributed by atoms with van der Waals surface area (Å²) in [6.45, 7) is 5.48. The minimum atomic E-state index is -0.604. The topological polar surface area (TPSA) is 155 Å². The predicted molar refractivity (Wildman–Crippen MR) is 153 cm³/mol. The van der Waals surface area contributed by atoms with Crippen LogP contribution in [-0.2, 0) is 4.74 Å². The van der Waals surface area contributed by atoms with Gasteiger partial charge in [-0.25, -0.2) is 14.8 Å². The van der Waals surface area contributed by atoms with Crippen molar-refractivity contribution in [3.8, 4) is 0 Å². The third kappa shape index (κ3) is 6.66. The molecule has 0 bridgehead atoms. The Kier molecular flexibility index (Phi) is 8.41. The molecule has 0 saturated carbocycles. The fraction of sp³-hybridized carbons (Fsp3) is 0.370. The number of amides is 4. The SMILES string of the molecule is Cc1cnc(NC(=O)NC2CCCN(c3cc(Nc4ccc(C(=O)N5CCOCC5)cc4)c(C(N)=O)cn3)C2)s1. The molecule has 3 aromatic rings. The molecule has 1 unspecified atom stereocenters. The molecule has 0 spiro atoms. The van der Waals surface area contributed by atoms with Crippen molar-refractivity contribution in [2.24, 2.45) is 5.73 Å². The first-order valence-electron chi connectivity index (χ1n) is 13.1. The number of hydrogen-bond acceptors (Lipinski definition) is 9. The molecular weight excluding hydrogens is 532 g/mol. The summed E-state index contributed by atoms with van der Waals surface area (Å²) in [4.78, 5) is 50.9. The Morgan fingerprint density at radius 2 is 1.85 bits per heavy atom. The number of piperidine rings is 1. The minimum absolute atomic E-state index is 0.0393. The van der Waals surface area contributed by atoms with Crippen LogP contribution in [0.5, 0.6) is 0 Å². The second kappa shape index (κ2) is 12.3. The van der Waals surface area contributed by atoms with Gasteiger partial charge >= 0.3 is 6.03 Å². The van der Waals surface area contributed by atoms with Crippen LogP contribution in [-0.4, -0.2) is 78.1 Å². The van der Waals surface area contributed by atoms with Gasteiger partial charge in [0, 0.05) is 66.8 Å². The third-order valence-electron chi connectivity index (χ3n) is 6.79. The fourth-order valence-electron chi connectivity index (χ4n) is 4.75. The lowest BCUT2D eigenvalue weighted by molar-refractivity contribution is 0.0303. The number of thiazole rings is 1. The van der Waals surface area contributed by atoms with Crippen LogP contribution in [0.2, 0.25) is 0 Å². The number of benzene rings is 1. The van der Waals surface area contributed by atoms with Gasteiger partial charge in [-0.3, -0.25) is 14.9 Å². The Morgan fingerprint density at radius 1 is 1.07 bits per heavy atom. The average molecular weight is 565 g/mol. The summed E-state index contributed by atoms with van der Waals surface area (Å²) < 4.78 is 5.33. The van der Waals surface area contributed by atoms with Gasteiger partial charge in [-0.1, -0.05) is 0 Å². The van der Waals surface area contributed by atoms with E-state index in [2.05, 4.69) is 30.8 Å². The van der Waals surface area contributed by atoms with E-state index in [0.29, 0.717) is 60.7 Å². The molecular formula is C27H32N8O4S. The molecule has 5 N–H and O–H groups in total. The van der Waals surface area contributed by atoms with Crippen molar-refractivity contribution in [2.45, 2.75) is 25.8 Å². The number of urea groups is 1. The molecule has 40 heavy (non-hydrogen) atoms. The van der Waals surface area contributed by atoms with Gasteiger partial charge < -0.3 is 30.9 Å². The number of ether oxygens (including phenoxy) is 1. The number of nitrogens with zero attached hydrogens (tertiary/aromatic N) is 4. The molecule has 210 valence electrons. The van der Waals surface area contributed by atoms with Gasteiger partial charge in [0.25, 0.3) is 11.8 Å². The summed E-state index contributed by atoms with van der Waals surface area (Å²) in [5.74, 6) is 0.0181. The van der Waals surface area contributed by atoms with Gasteiger partial charge in [-0.2, -0.15) is 0 Å². The van der Waals surface area contributed by atoms with Crippen molar-refractivity contribution in [1.82, 2.24) is 20.2 Å². The van der Waals surface area contributed by atoms with Crippen LogP contribution in [0.4, 0.5) is 27.1 Å². The van der Waals surface area contributed by atoms with Crippen LogP contribution < -0.4 is 26.6 Å². The molecule has 2 fully saturated rings. The van der Waals surface area contributed by atoms with Crippen LogP contribution in [0.1, 0.15) is 38.4 Å². The Bertz CT molecular complexity index is 1370. The van der Waals surface area contributed by atoms with E-state index < -0.39 is 5.91 Å². The Morgan fingerprint density at radius 3 is 2.55 bits per heavy atom. The highest BCUT2D eigenvalue weighted by molar-refractivity contribution is 7.15. The van der Waals surface area contributed by atoms with Crippen LogP contribution in [0.25, 0.3) is 0 Å². The minimum Gasteiger partial charge on any atom is -0.378 e. The van der Waals surface area contributed by atoms with E-state index in [-0.39, 0.29) is 23.5 Å². The number of aromatic nitrogens is 2. The second-order valence-electron chi connectivity index (χ2n) is 9.72. The Hall–Kier alpha value is -4.23.